The quantitative estimate of drug-likeness (QED) is 0.513. The van der Waals surface area contributed by atoms with Gasteiger partial charge in [-0.15, -0.1) is 0 Å². The van der Waals surface area contributed by atoms with Gasteiger partial charge in [-0.1, -0.05) is 0 Å². The lowest BCUT2D eigenvalue weighted by Gasteiger charge is -2.04. The predicted octanol–water partition coefficient (Wildman–Crippen LogP) is 0.616. The summed E-state index contributed by atoms with van der Waals surface area (Å²) >= 11 is 0. The Hall–Kier alpha value is -2.24. The lowest BCUT2D eigenvalue weighted by atomic mass is 10.2. The van der Waals surface area contributed by atoms with Crippen molar-refractivity contribution >= 4 is 11.9 Å². The van der Waals surface area contributed by atoms with Crippen LogP contribution in [0.4, 0.5) is 0 Å². The Morgan fingerprint density at radius 2 is 1.69 bits per heavy atom. The molecule has 0 radical (unpaired) electrons. The van der Waals surface area contributed by atoms with Gasteiger partial charge in [0.15, 0.2) is 0 Å². The maximum absolute atomic E-state index is 10.9. The summed E-state index contributed by atoms with van der Waals surface area (Å²) in [6.07, 6.45) is -0.717. The molecule has 0 bridgehead atoms. The Balaban J connectivity index is 2.54. The number of phenols is 2. The SMILES string of the molecule is O=C(O)CC(=O)OCc1cc(O)cc(O)c1. The first-order valence-electron chi connectivity index (χ1n) is 4.36. The average molecular weight is 226 g/mol. The van der Waals surface area contributed by atoms with E-state index >= 15 is 0 Å². The average Bonchev–Trinajstić information content (AvgIpc) is 2.12. The molecule has 6 nitrogen and oxygen atoms in total. The lowest BCUT2D eigenvalue weighted by Crippen LogP contribution is -2.10. The van der Waals surface area contributed by atoms with Crippen LogP contribution in [-0.4, -0.2) is 27.3 Å². The molecule has 0 aliphatic rings. The number of ether oxygens (including phenoxy) is 1. The Morgan fingerprint density at radius 3 is 2.19 bits per heavy atom. The fourth-order valence-electron chi connectivity index (χ4n) is 1.08. The fraction of sp³-hybridized carbons (Fsp3) is 0.200. The molecule has 0 fully saturated rings. The molecule has 16 heavy (non-hydrogen) atoms. The normalized spacial score (nSPS) is 9.75. The maximum atomic E-state index is 10.9. The number of carboxylic acids is 1. The zero-order valence-electron chi connectivity index (χ0n) is 8.21. The fourth-order valence-corrected chi connectivity index (χ4v) is 1.08. The largest absolute Gasteiger partial charge is 0.508 e. The minimum atomic E-state index is -1.27. The van der Waals surface area contributed by atoms with Gasteiger partial charge in [-0.05, 0) is 17.7 Å². The van der Waals surface area contributed by atoms with Crippen LogP contribution in [0.25, 0.3) is 0 Å². The van der Waals surface area contributed by atoms with Gasteiger partial charge in [0.05, 0.1) is 0 Å². The van der Waals surface area contributed by atoms with Crippen molar-refractivity contribution in [3.05, 3.63) is 23.8 Å². The molecule has 86 valence electrons. The second kappa shape index (κ2) is 5.01. The van der Waals surface area contributed by atoms with E-state index in [1.807, 2.05) is 0 Å². The van der Waals surface area contributed by atoms with Gasteiger partial charge in [-0.25, -0.2) is 0 Å². The number of esters is 1. The molecule has 0 amide bonds. The zero-order chi connectivity index (χ0) is 12.1. The standard InChI is InChI=1S/C10H10O6/c11-7-1-6(2-8(12)3-7)5-16-10(15)4-9(13)14/h1-3,11-12H,4-5H2,(H,13,14). The number of carbonyl (C=O) groups excluding carboxylic acids is 1. The van der Waals surface area contributed by atoms with Crippen molar-refractivity contribution in [2.24, 2.45) is 0 Å². The van der Waals surface area contributed by atoms with Gasteiger partial charge < -0.3 is 20.1 Å². The number of benzene rings is 1. The molecule has 1 aromatic rings. The van der Waals surface area contributed by atoms with Crippen molar-refractivity contribution in [1.82, 2.24) is 0 Å². The molecule has 0 atom stereocenters. The first-order chi connectivity index (χ1) is 7.47. The van der Waals surface area contributed by atoms with Gasteiger partial charge >= 0.3 is 11.9 Å². The molecule has 1 rings (SSSR count). The van der Waals surface area contributed by atoms with Crippen LogP contribution in [0.2, 0.25) is 0 Å². The minimum Gasteiger partial charge on any atom is -0.508 e. The van der Waals surface area contributed by atoms with Crippen molar-refractivity contribution in [2.45, 2.75) is 13.0 Å². The van der Waals surface area contributed by atoms with Crippen molar-refractivity contribution in [3.63, 3.8) is 0 Å². The van der Waals surface area contributed by atoms with Crippen LogP contribution < -0.4 is 0 Å². The number of aromatic hydroxyl groups is 2. The van der Waals surface area contributed by atoms with Crippen molar-refractivity contribution in [2.75, 3.05) is 0 Å². The number of hydrogen-bond acceptors (Lipinski definition) is 5. The Morgan fingerprint density at radius 1 is 1.12 bits per heavy atom. The molecule has 0 saturated heterocycles. The monoisotopic (exact) mass is 226 g/mol. The molecule has 0 unspecified atom stereocenters. The highest BCUT2D eigenvalue weighted by atomic mass is 16.5. The van der Waals surface area contributed by atoms with E-state index < -0.39 is 18.4 Å². The van der Waals surface area contributed by atoms with E-state index in [2.05, 4.69) is 4.74 Å². The van der Waals surface area contributed by atoms with Crippen molar-refractivity contribution < 1.29 is 29.6 Å². The maximum Gasteiger partial charge on any atom is 0.317 e. The molecule has 0 aliphatic carbocycles. The van der Waals surface area contributed by atoms with Crippen LogP contribution in [0.1, 0.15) is 12.0 Å². The summed E-state index contributed by atoms with van der Waals surface area (Å²) in [5.41, 5.74) is 0.372. The summed E-state index contributed by atoms with van der Waals surface area (Å²) in [5.74, 6) is -2.48. The third-order valence-corrected chi connectivity index (χ3v) is 1.66. The second-order valence-corrected chi connectivity index (χ2v) is 3.09. The van der Waals surface area contributed by atoms with E-state index in [4.69, 9.17) is 15.3 Å². The number of phenolic OH excluding ortho intramolecular Hbond substituents is 2. The van der Waals surface area contributed by atoms with E-state index in [0.717, 1.165) is 6.07 Å². The Kier molecular flexibility index (Phi) is 3.71. The van der Waals surface area contributed by atoms with Gasteiger partial charge in [0, 0.05) is 6.07 Å². The van der Waals surface area contributed by atoms with Crippen molar-refractivity contribution in [3.8, 4) is 11.5 Å². The number of carbonyl (C=O) groups is 2. The summed E-state index contributed by atoms with van der Waals surface area (Å²) in [6, 6.07) is 3.73. The predicted molar refractivity (Wildman–Crippen MR) is 51.8 cm³/mol. The van der Waals surface area contributed by atoms with Crippen LogP contribution in [-0.2, 0) is 20.9 Å². The molecule has 0 heterocycles. The van der Waals surface area contributed by atoms with E-state index in [-0.39, 0.29) is 18.1 Å². The second-order valence-electron chi connectivity index (χ2n) is 3.09. The molecular weight excluding hydrogens is 216 g/mol. The number of carboxylic acid groups (broad SMARTS) is 1. The molecular formula is C10H10O6. The summed E-state index contributed by atoms with van der Waals surface area (Å²) in [7, 11) is 0. The van der Waals surface area contributed by atoms with E-state index in [9.17, 15) is 9.59 Å². The highest BCUT2D eigenvalue weighted by molar-refractivity contribution is 5.90. The number of rotatable bonds is 4. The van der Waals surface area contributed by atoms with Gasteiger partial charge in [-0.2, -0.15) is 0 Å². The topological polar surface area (TPSA) is 104 Å². The first-order valence-corrected chi connectivity index (χ1v) is 4.36. The summed E-state index contributed by atoms with van der Waals surface area (Å²) < 4.78 is 4.61. The molecule has 1 aromatic carbocycles. The minimum absolute atomic E-state index is 0.163. The van der Waals surface area contributed by atoms with Crippen LogP contribution in [0, 0.1) is 0 Å². The number of aliphatic carboxylic acids is 1. The lowest BCUT2D eigenvalue weighted by molar-refractivity contribution is -0.152. The van der Waals surface area contributed by atoms with Crippen molar-refractivity contribution in [1.29, 1.82) is 0 Å². The Bertz CT molecular complexity index is 392. The van der Waals surface area contributed by atoms with Gasteiger partial charge in [-0.3, -0.25) is 9.59 Å². The molecule has 0 spiro atoms. The Labute approximate surface area is 90.7 Å². The van der Waals surface area contributed by atoms with Gasteiger partial charge in [0.2, 0.25) is 0 Å². The smallest absolute Gasteiger partial charge is 0.317 e. The van der Waals surface area contributed by atoms with Gasteiger partial charge in [0.25, 0.3) is 0 Å². The third-order valence-electron chi connectivity index (χ3n) is 1.66. The zero-order valence-corrected chi connectivity index (χ0v) is 8.21. The van der Waals surface area contributed by atoms with E-state index in [1.165, 1.54) is 12.1 Å². The van der Waals surface area contributed by atoms with Crippen LogP contribution in [0.5, 0.6) is 11.5 Å². The highest BCUT2D eigenvalue weighted by Gasteiger charge is 2.09. The van der Waals surface area contributed by atoms with Crippen LogP contribution in [0.3, 0.4) is 0 Å². The molecule has 3 N–H and O–H groups in total. The van der Waals surface area contributed by atoms with Gasteiger partial charge in [0.1, 0.15) is 24.5 Å². The van der Waals surface area contributed by atoms with E-state index in [1.54, 1.807) is 0 Å². The molecule has 0 saturated carbocycles. The van der Waals surface area contributed by atoms with E-state index in [0.29, 0.717) is 5.56 Å². The summed E-state index contributed by atoms with van der Waals surface area (Å²) in [5, 5.41) is 26.5. The first kappa shape index (κ1) is 11.8. The van der Waals surface area contributed by atoms with Crippen LogP contribution in [0.15, 0.2) is 18.2 Å². The number of hydrogen-bond donors (Lipinski definition) is 3. The summed E-state index contributed by atoms with van der Waals surface area (Å²) in [6.45, 7) is -0.200. The highest BCUT2D eigenvalue weighted by Crippen LogP contribution is 2.20. The molecule has 0 aliphatic heterocycles. The van der Waals surface area contributed by atoms with Crippen LogP contribution >= 0.6 is 0 Å². The molecule has 0 aromatic heterocycles. The summed E-state index contributed by atoms with van der Waals surface area (Å²) in [4.78, 5) is 21.0. The molecule has 6 heteroatoms. The third kappa shape index (κ3) is 3.87.